The maximum absolute atomic E-state index is 12.8. The minimum absolute atomic E-state index is 0.161. The van der Waals surface area contributed by atoms with E-state index in [1.165, 1.54) is 19.3 Å². The molecule has 1 aromatic carbocycles. The molecule has 21 heavy (non-hydrogen) atoms. The van der Waals surface area contributed by atoms with Crippen LogP contribution in [0.15, 0.2) is 18.2 Å². The Bertz CT molecular complexity index is 498. The molecule has 3 heteroatoms. The smallest absolute Gasteiger partial charge is 0.254 e. The molecule has 0 aliphatic heterocycles. The lowest BCUT2D eigenvalue weighted by Gasteiger charge is -2.36. The number of amides is 1. The molecule has 1 amide bonds. The zero-order chi connectivity index (χ0) is 15.4. The quantitative estimate of drug-likeness (QED) is 0.905. The van der Waals surface area contributed by atoms with Gasteiger partial charge in [0.05, 0.1) is 0 Å². The number of nitrogens with zero attached hydrogens (tertiary/aromatic N) is 1. The van der Waals surface area contributed by atoms with Crippen LogP contribution in [-0.4, -0.2) is 30.4 Å². The van der Waals surface area contributed by atoms with E-state index in [0.717, 1.165) is 29.8 Å². The van der Waals surface area contributed by atoms with E-state index in [1.54, 1.807) is 0 Å². The van der Waals surface area contributed by atoms with Crippen LogP contribution in [0.3, 0.4) is 0 Å². The first kappa shape index (κ1) is 15.9. The van der Waals surface area contributed by atoms with Gasteiger partial charge in [-0.25, -0.2) is 0 Å². The minimum Gasteiger partial charge on any atom is -0.385 e. The third-order valence-corrected chi connectivity index (χ3v) is 4.72. The van der Waals surface area contributed by atoms with Gasteiger partial charge in [0.15, 0.2) is 0 Å². The summed E-state index contributed by atoms with van der Waals surface area (Å²) >= 11 is 0. The Morgan fingerprint density at radius 2 is 2.05 bits per heavy atom. The number of hydrogen-bond donors (Lipinski definition) is 1. The molecule has 1 aromatic rings. The highest BCUT2D eigenvalue weighted by Crippen LogP contribution is 2.28. The molecule has 1 saturated carbocycles. The fraction of sp³-hybridized carbons (Fsp3) is 0.611. The van der Waals surface area contributed by atoms with Crippen molar-refractivity contribution in [1.82, 2.24) is 4.90 Å². The predicted octanol–water partition coefficient (Wildman–Crippen LogP) is 4.08. The van der Waals surface area contributed by atoms with E-state index in [1.807, 2.05) is 31.0 Å². The minimum atomic E-state index is 0.161. The normalized spacial score (nSPS) is 21.9. The van der Waals surface area contributed by atoms with Crippen molar-refractivity contribution in [2.45, 2.75) is 52.5 Å². The Kier molecular flexibility index (Phi) is 5.27. The average molecular weight is 288 g/mol. The van der Waals surface area contributed by atoms with Gasteiger partial charge in [-0.1, -0.05) is 19.8 Å². The van der Waals surface area contributed by atoms with E-state index in [2.05, 4.69) is 25.2 Å². The van der Waals surface area contributed by atoms with Crippen LogP contribution in [0.1, 0.15) is 55.5 Å². The van der Waals surface area contributed by atoms with Gasteiger partial charge in [0.1, 0.15) is 0 Å². The lowest BCUT2D eigenvalue weighted by Crippen LogP contribution is -2.42. The summed E-state index contributed by atoms with van der Waals surface area (Å²) in [5.41, 5.74) is 2.96. The van der Waals surface area contributed by atoms with Crippen LogP contribution in [0, 0.1) is 12.8 Å². The first-order chi connectivity index (χ1) is 10.0. The van der Waals surface area contributed by atoms with Crippen LogP contribution >= 0.6 is 0 Å². The van der Waals surface area contributed by atoms with E-state index in [4.69, 9.17) is 0 Å². The molecule has 0 bridgehead atoms. The van der Waals surface area contributed by atoms with Gasteiger partial charge in [-0.15, -0.1) is 0 Å². The van der Waals surface area contributed by atoms with E-state index in [-0.39, 0.29) is 5.91 Å². The lowest BCUT2D eigenvalue weighted by molar-refractivity contribution is 0.0628. The molecule has 116 valence electrons. The molecule has 2 unspecified atom stereocenters. The zero-order valence-electron chi connectivity index (χ0n) is 13.8. The number of anilines is 1. The van der Waals surface area contributed by atoms with Gasteiger partial charge < -0.3 is 10.2 Å². The molecule has 2 atom stereocenters. The maximum atomic E-state index is 12.8. The van der Waals surface area contributed by atoms with Crippen molar-refractivity contribution in [3.63, 3.8) is 0 Å². The summed E-state index contributed by atoms with van der Waals surface area (Å²) in [6, 6.07) is 6.41. The first-order valence-corrected chi connectivity index (χ1v) is 8.16. The number of nitrogens with one attached hydrogen (secondary N) is 1. The van der Waals surface area contributed by atoms with Gasteiger partial charge in [0, 0.05) is 30.9 Å². The first-order valence-electron chi connectivity index (χ1n) is 8.16. The number of aryl methyl sites for hydroxylation is 1. The predicted molar refractivity (Wildman–Crippen MR) is 88.9 cm³/mol. The highest BCUT2D eigenvalue weighted by Gasteiger charge is 2.28. The largest absolute Gasteiger partial charge is 0.385 e. The van der Waals surface area contributed by atoms with Crippen molar-refractivity contribution in [2.75, 3.05) is 18.9 Å². The second-order valence-electron chi connectivity index (χ2n) is 6.31. The van der Waals surface area contributed by atoms with E-state index in [0.29, 0.717) is 12.0 Å². The molecule has 3 nitrogen and oxygen atoms in total. The number of carbonyl (C=O) groups is 1. The summed E-state index contributed by atoms with van der Waals surface area (Å²) in [4.78, 5) is 14.8. The molecule has 0 heterocycles. The molecule has 2 rings (SSSR count). The zero-order valence-corrected chi connectivity index (χ0v) is 13.8. The SMILES string of the molecule is CCNc1ccc(C(=O)N(C)C2CCCCC2C)c(C)c1. The molecule has 1 aliphatic carbocycles. The molecular weight excluding hydrogens is 260 g/mol. The number of benzene rings is 1. The molecular formula is C18H28N2O. The standard InChI is InChI=1S/C18H28N2O/c1-5-19-15-10-11-16(14(3)12-15)18(21)20(4)17-9-7-6-8-13(17)2/h10-13,17,19H,5-9H2,1-4H3. The fourth-order valence-electron chi connectivity index (χ4n) is 3.43. The van der Waals surface area contributed by atoms with E-state index >= 15 is 0 Å². The van der Waals surface area contributed by atoms with Gasteiger partial charge in [0.2, 0.25) is 0 Å². The number of carbonyl (C=O) groups excluding carboxylic acids is 1. The van der Waals surface area contributed by atoms with Gasteiger partial charge >= 0.3 is 0 Å². The molecule has 0 spiro atoms. The highest BCUT2D eigenvalue weighted by molar-refractivity contribution is 5.96. The molecule has 1 fully saturated rings. The van der Waals surface area contributed by atoms with Crippen LogP contribution in [0.4, 0.5) is 5.69 Å². The van der Waals surface area contributed by atoms with Crippen molar-refractivity contribution in [2.24, 2.45) is 5.92 Å². The number of hydrogen-bond acceptors (Lipinski definition) is 2. The topological polar surface area (TPSA) is 32.3 Å². The van der Waals surface area contributed by atoms with Crippen molar-refractivity contribution >= 4 is 11.6 Å². The van der Waals surface area contributed by atoms with Crippen molar-refractivity contribution in [3.8, 4) is 0 Å². The summed E-state index contributed by atoms with van der Waals surface area (Å²) in [5.74, 6) is 0.767. The second kappa shape index (κ2) is 6.97. The van der Waals surface area contributed by atoms with Crippen LogP contribution in [0.5, 0.6) is 0 Å². The fourth-order valence-corrected chi connectivity index (χ4v) is 3.43. The van der Waals surface area contributed by atoms with E-state index in [9.17, 15) is 4.79 Å². The summed E-state index contributed by atoms with van der Waals surface area (Å²) in [6.45, 7) is 7.26. The summed E-state index contributed by atoms with van der Waals surface area (Å²) in [7, 11) is 1.96. The Balaban J connectivity index is 2.15. The molecule has 0 saturated heterocycles. The Hall–Kier alpha value is -1.51. The summed E-state index contributed by atoms with van der Waals surface area (Å²) in [6.07, 6.45) is 4.92. The van der Waals surface area contributed by atoms with Crippen molar-refractivity contribution in [3.05, 3.63) is 29.3 Å². The second-order valence-corrected chi connectivity index (χ2v) is 6.31. The van der Waals surface area contributed by atoms with Gasteiger partial charge in [0.25, 0.3) is 5.91 Å². The molecule has 1 aliphatic rings. The molecule has 0 aromatic heterocycles. The third kappa shape index (κ3) is 3.58. The summed E-state index contributed by atoms with van der Waals surface area (Å²) in [5, 5.41) is 3.29. The van der Waals surface area contributed by atoms with Crippen LogP contribution in [0.2, 0.25) is 0 Å². The van der Waals surface area contributed by atoms with Crippen LogP contribution in [0.25, 0.3) is 0 Å². The Labute approximate surface area is 128 Å². The van der Waals surface area contributed by atoms with Gasteiger partial charge in [-0.3, -0.25) is 4.79 Å². The van der Waals surface area contributed by atoms with Crippen LogP contribution in [-0.2, 0) is 0 Å². The van der Waals surface area contributed by atoms with E-state index < -0.39 is 0 Å². The Morgan fingerprint density at radius 1 is 1.33 bits per heavy atom. The van der Waals surface area contributed by atoms with Crippen molar-refractivity contribution < 1.29 is 4.79 Å². The monoisotopic (exact) mass is 288 g/mol. The molecule has 1 N–H and O–H groups in total. The number of rotatable bonds is 4. The maximum Gasteiger partial charge on any atom is 0.254 e. The van der Waals surface area contributed by atoms with Crippen LogP contribution < -0.4 is 5.32 Å². The average Bonchev–Trinajstić information content (AvgIpc) is 2.47. The van der Waals surface area contributed by atoms with Gasteiger partial charge in [-0.2, -0.15) is 0 Å². The lowest BCUT2D eigenvalue weighted by atomic mass is 9.85. The third-order valence-electron chi connectivity index (χ3n) is 4.72. The summed E-state index contributed by atoms with van der Waals surface area (Å²) < 4.78 is 0. The highest BCUT2D eigenvalue weighted by atomic mass is 16.2. The van der Waals surface area contributed by atoms with Gasteiger partial charge in [-0.05, 0) is 56.4 Å². The molecule has 0 radical (unpaired) electrons. The Morgan fingerprint density at radius 3 is 2.67 bits per heavy atom. The van der Waals surface area contributed by atoms with Crippen molar-refractivity contribution in [1.29, 1.82) is 0 Å².